The second-order valence-electron chi connectivity index (χ2n) is 11.4. The third-order valence-electron chi connectivity index (χ3n) is 8.24. The molecule has 0 N–H and O–H groups in total. The molecule has 0 bridgehead atoms. The van der Waals surface area contributed by atoms with E-state index in [0.29, 0.717) is 17.9 Å². The number of phosphoric acid groups is 1. The molecule has 0 aliphatic rings. The fraction of sp³-hybridized carbons (Fsp3) is 0.122. The first kappa shape index (κ1) is 32.0. The van der Waals surface area contributed by atoms with Gasteiger partial charge in [-0.3, -0.25) is 4.52 Å². The number of hydrogen-bond acceptors (Lipinski definition) is 5. The summed E-state index contributed by atoms with van der Waals surface area (Å²) in [4.78, 5) is 0. The van der Waals surface area contributed by atoms with Gasteiger partial charge in [-0.2, -0.15) is 0 Å². The molecule has 6 aromatic rings. The van der Waals surface area contributed by atoms with Crippen molar-refractivity contribution in [2.24, 2.45) is 0 Å². The van der Waals surface area contributed by atoms with Crippen molar-refractivity contribution in [3.63, 3.8) is 0 Å². The first-order valence-electron chi connectivity index (χ1n) is 15.6. The van der Waals surface area contributed by atoms with Gasteiger partial charge >= 0.3 is 7.82 Å². The Labute approximate surface area is 277 Å². The van der Waals surface area contributed by atoms with Crippen LogP contribution in [0.15, 0.2) is 164 Å². The fourth-order valence-corrected chi connectivity index (χ4v) is 6.59. The molecule has 5 nitrogen and oxygen atoms in total. The van der Waals surface area contributed by atoms with Crippen LogP contribution in [0, 0.1) is 0 Å². The van der Waals surface area contributed by atoms with Crippen LogP contribution in [-0.4, -0.2) is 13.7 Å². The number of phosphoric ester groups is 1. The zero-order valence-electron chi connectivity index (χ0n) is 26.5. The van der Waals surface area contributed by atoms with Crippen molar-refractivity contribution in [3.05, 3.63) is 169 Å². The van der Waals surface area contributed by atoms with Crippen LogP contribution in [0.1, 0.15) is 18.9 Å². The highest BCUT2D eigenvalue weighted by molar-refractivity contribution is 7.49. The highest BCUT2D eigenvalue weighted by Gasteiger charge is 2.34. The quantitative estimate of drug-likeness (QED) is 0.118. The Balaban J connectivity index is 1.19. The van der Waals surface area contributed by atoms with Gasteiger partial charge in [-0.05, 0) is 70.1 Å². The number of methoxy groups -OCH3 is 1. The Kier molecular flexibility index (Phi) is 9.99. The van der Waals surface area contributed by atoms with Crippen LogP contribution in [0.25, 0.3) is 33.4 Å². The van der Waals surface area contributed by atoms with Gasteiger partial charge in [0.15, 0.2) is 0 Å². The van der Waals surface area contributed by atoms with Crippen molar-refractivity contribution < 1.29 is 22.9 Å². The molecular weight excluding hydrogens is 603 g/mol. The molecule has 1 unspecified atom stereocenters. The summed E-state index contributed by atoms with van der Waals surface area (Å²) in [6.45, 7) is 2.05. The summed E-state index contributed by atoms with van der Waals surface area (Å²) < 4.78 is 38.3. The van der Waals surface area contributed by atoms with Crippen LogP contribution in [-0.2, 0) is 19.4 Å². The summed E-state index contributed by atoms with van der Waals surface area (Å²) >= 11 is 0. The second kappa shape index (κ2) is 14.7. The zero-order chi connectivity index (χ0) is 32.5. The topological polar surface area (TPSA) is 54.0 Å². The maximum Gasteiger partial charge on any atom is 0.587 e. The van der Waals surface area contributed by atoms with Crippen molar-refractivity contribution in [2.45, 2.75) is 18.9 Å². The van der Waals surface area contributed by atoms with E-state index in [4.69, 9.17) is 18.3 Å². The highest BCUT2D eigenvalue weighted by atomic mass is 31.2. The molecule has 0 radical (unpaired) electrons. The van der Waals surface area contributed by atoms with Crippen molar-refractivity contribution >= 4 is 7.82 Å². The van der Waals surface area contributed by atoms with Crippen molar-refractivity contribution in [3.8, 4) is 44.9 Å². The first-order chi connectivity index (χ1) is 22.9. The highest BCUT2D eigenvalue weighted by Crippen LogP contribution is 2.50. The zero-order valence-corrected chi connectivity index (χ0v) is 27.4. The minimum absolute atomic E-state index is 0.0618. The van der Waals surface area contributed by atoms with E-state index >= 15 is 0 Å². The minimum atomic E-state index is -4.13. The lowest BCUT2D eigenvalue weighted by molar-refractivity contribution is -0.0167. The van der Waals surface area contributed by atoms with Crippen LogP contribution in [0.4, 0.5) is 0 Å². The number of hydrogen-bond donors (Lipinski definition) is 0. The maximum atomic E-state index is 14.3. The van der Waals surface area contributed by atoms with Crippen LogP contribution in [0.5, 0.6) is 11.5 Å². The summed E-state index contributed by atoms with van der Waals surface area (Å²) in [7, 11) is -2.46. The number of benzene rings is 6. The summed E-state index contributed by atoms with van der Waals surface area (Å²) in [5.41, 5.74) is 6.72. The van der Waals surface area contributed by atoms with E-state index in [1.165, 1.54) is 0 Å². The fourth-order valence-electron chi connectivity index (χ4n) is 5.37. The monoisotopic (exact) mass is 640 g/mol. The molecule has 0 aromatic heterocycles. The second-order valence-corrected chi connectivity index (χ2v) is 12.9. The summed E-state index contributed by atoms with van der Waals surface area (Å²) in [5, 5.41) is 0. The van der Waals surface area contributed by atoms with Crippen LogP contribution in [0.3, 0.4) is 0 Å². The Morgan fingerprint density at radius 1 is 0.489 bits per heavy atom. The van der Waals surface area contributed by atoms with Gasteiger partial charge in [0.1, 0.15) is 11.5 Å². The van der Waals surface area contributed by atoms with Gasteiger partial charge in [0.2, 0.25) is 0 Å². The van der Waals surface area contributed by atoms with E-state index in [0.717, 1.165) is 38.9 Å². The Bertz CT molecular complexity index is 1810. The van der Waals surface area contributed by atoms with Gasteiger partial charge in [-0.1, -0.05) is 140 Å². The predicted molar refractivity (Wildman–Crippen MR) is 189 cm³/mol. The van der Waals surface area contributed by atoms with Gasteiger partial charge in [0.25, 0.3) is 0 Å². The molecular formula is C41H37O5P. The van der Waals surface area contributed by atoms with E-state index in [2.05, 4.69) is 36.4 Å². The molecule has 47 heavy (non-hydrogen) atoms. The average Bonchev–Trinajstić information content (AvgIpc) is 3.13. The Morgan fingerprint density at radius 3 is 1.19 bits per heavy atom. The Morgan fingerprint density at radius 2 is 0.830 bits per heavy atom. The lowest BCUT2D eigenvalue weighted by Crippen LogP contribution is -2.26. The molecule has 236 valence electrons. The third kappa shape index (κ3) is 8.08. The van der Waals surface area contributed by atoms with E-state index < -0.39 is 13.4 Å². The van der Waals surface area contributed by atoms with Gasteiger partial charge in [-0.25, -0.2) is 4.57 Å². The third-order valence-corrected chi connectivity index (χ3v) is 9.61. The largest absolute Gasteiger partial charge is 0.587 e. The summed E-state index contributed by atoms with van der Waals surface area (Å²) in [6, 6.07) is 53.3. The van der Waals surface area contributed by atoms with E-state index in [1.807, 2.05) is 110 Å². The van der Waals surface area contributed by atoms with E-state index in [-0.39, 0.29) is 6.61 Å². The van der Waals surface area contributed by atoms with Crippen molar-refractivity contribution in [1.82, 2.24) is 0 Å². The van der Waals surface area contributed by atoms with Crippen molar-refractivity contribution in [1.29, 1.82) is 0 Å². The average molecular weight is 641 g/mol. The standard InChI is InChI=1S/C41H37O5P/c1-41(43-2,38-24-18-35(19-25-38)32-12-6-3-7-13-32)30-31-44-47(42,45-39-26-20-36(21-27-39)33-14-8-4-9-15-33)46-40-28-22-37(23-29-40)34-16-10-5-11-17-34/h3-29H,30-31H2,1-2H3. The predicted octanol–water partition coefficient (Wildman–Crippen LogP) is 11.2. The SMILES string of the molecule is COC(C)(CCOP(=O)(Oc1ccc(-c2ccccc2)cc1)Oc1ccc(-c2ccccc2)cc1)c1ccc(-c2ccccc2)cc1. The lowest BCUT2D eigenvalue weighted by Gasteiger charge is -2.29. The molecule has 0 aliphatic carbocycles. The van der Waals surface area contributed by atoms with Gasteiger partial charge in [0, 0.05) is 13.5 Å². The van der Waals surface area contributed by atoms with Crippen LogP contribution >= 0.6 is 7.82 Å². The number of rotatable bonds is 13. The molecule has 0 amide bonds. The minimum Gasteiger partial charge on any atom is -0.395 e. The molecule has 6 rings (SSSR count). The molecule has 0 fully saturated rings. The molecule has 0 spiro atoms. The van der Waals surface area contributed by atoms with Gasteiger partial charge < -0.3 is 13.8 Å². The normalized spacial score (nSPS) is 12.6. The summed E-state index contributed by atoms with van der Waals surface area (Å²) in [6.07, 6.45) is 0.408. The lowest BCUT2D eigenvalue weighted by atomic mass is 9.91. The molecule has 0 saturated heterocycles. The van der Waals surface area contributed by atoms with Gasteiger partial charge in [0.05, 0.1) is 12.2 Å². The smallest absolute Gasteiger partial charge is 0.395 e. The molecule has 6 heteroatoms. The maximum absolute atomic E-state index is 14.3. The molecule has 0 aliphatic heterocycles. The summed E-state index contributed by atoms with van der Waals surface area (Å²) in [5.74, 6) is 0.750. The van der Waals surface area contributed by atoms with Crippen molar-refractivity contribution in [2.75, 3.05) is 13.7 Å². The van der Waals surface area contributed by atoms with Crippen LogP contribution in [0.2, 0.25) is 0 Å². The van der Waals surface area contributed by atoms with E-state index in [9.17, 15) is 4.57 Å². The Hall–Kier alpha value is -4.93. The van der Waals surface area contributed by atoms with Gasteiger partial charge in [-0.15, -0.1) is 0 Å². The molecule has 0 saturated carbocycles. The molecule has 6 aromatic carbocycles. The van der Waals surface area contributed by atoms with E-state index in [1.54, 1.807) is 31.4 Å². The number of ether oxygens (including phenoxy) is 1. The first-order valence-corrected chi connectivity index (χ1v) is 17.0. The van der Waals surface area contributed by atoms with Crippen LogP contribution < -0.4 is 9.05 Å². The molecule has 0 heterocycles. The molecule has 1 atom stereocenters.